The fourth-order valence-corrected chi connectivity index (χ4v) is 2.28. The molecule has 1 fully saturated rings. The van der Waals surface area contributed by atoms with Crippen LogP contribution < -0.4 is 5.32 Å². The number of hydrogen-bond acceptors (Lipinski definition) is 4. The van der Waals surface area contributed by atoms with Gasteiger partial charge in [-0.3, -0.25) is 9.78 Å². The quantitative estimate of drug-likeness (QED) is 0.797. The van der Waals surface area contributed by atoms with E-state index in [2.05, 4.69) is 22.2 Å². The van der Waals surface area contributed by atoms with Crippen LogP contribution >= 0.6 is 0 Å². The summed E-state index contributed by atoms with van der Waals surface area (Å²) in [6, 6.07) is 3.43. The number of piperidine rings is 1. The summed E-state index contributed by atoms with van der Waals surface area (Å²) in [5, 5.41) is 2.89. The van der Waals surface area contributed by atoms with Gasteiger partial charge >= 0.3 is 0 Å². The monoisotopic (exact) mass is 277 g/mol. The van der Waals surface area contributed by atoms with Crippen molar-refractivity contribution in [2.75, 3.05) is 33.3 Å². The molecule has 0 radical (unpaired) electrons. The van der Waals surface area contributed by atoms with Gasteiger partial charge in [-0.05, 0) is 38.4 Å². The van der Waals surface area contributed by atoms with Crippen LogP contribution in [0.3, 0.4) is 0 Å². The van der Waals surface area contributed by atoms with E-state index in [0.717, 1.165) is 32.4 Å². The van der Waals surface area contributed by atoms with E-state index in [9.17, 15) is 4.79 Å². The highest BCUT2D eigenvalue weighted by molar-refractivity contribution is 5.93. The predicted octanol–water partition coefficient (Wildman–Crippen LogP) is 1.31. The summed E-state index contributed by atoms with van der Waals surface area (Å²) in [5.41, 5.74) is 0.649. The number of rotatable bonds is 6. The Hall–Kier alpha value is -1.46. The normalized spacial score (nSPS) is 17.1. The zero-order valence-electron chi connectivity index (χ0n) is 12.0. The third-order valence-electron chi connectivity index (χ3n) is 3.57. The van der Waals surface area contributed by atoms with Crippen LogP contribution in [0.4, 0.5) is 0 Å². The van der Waals surface area contributed by atoms with Crippen molar-refractivity contribution < 1.29 is 9.53 Å². The van der Waals surface area contributed by atoms with E-state index in [0.29, 0.717) is 24.8 Å². The van der Waals surface area contributed by atoms with Gasteiger partial charge in [0, 0.05) is 44.2 Å². The first-order chi connectivity index (χ1) is 9.75. The zero-order valence-corrected chi connectivity index (χ0v) is 12.0. The lowest BCUT2D eigenvalue weighted by molar-refractivity contribution is 0.0117. The molecule has 0 saturated carbocycles. The van der Waals surface area contributed by atoms with Crippen molar-refractivity contribution in [1.29, 1.82) is 0 Å². The number of nitrogens with one attached hydrogen (secondary N) is 1. The number of pyridine rings is 1. The first-order valence-electron chi connectivity index (χ1n) is 7.24. The molecule has 0 unspecified atom stereocenters. The minimum absolute atomic E-state index is 0.0494. The topological polar surface area (TPSA) is 54.5 Å². The fraction of sp³-hybridized carbons (Fsp3) is 0.600. The minimum Gasteiger partial charge on any atom is -0.378 e. The van der Waals surface area contributed by atoms with E-state index in [1.165, 1.54) is 0 Å². The third kappa shape index (κ3) is 4.90. The predicted molar refractivity (Wildman–Crippen MR) is 77.7 cm³/mol. The Morgan fingerprint density at radius 1 is 1.40 bits per heavy atom. The first-order valence-corrected chi connectivity index (χ1v) is 7.24. The van der Waals surface area contributed by atoms with E-state index < -0.39 is 0 Å². The number of nitrogens with zero attached hydrogens (tertiary/aromatic N) is 2. The van der Waals surface area contributed by atoms with Crippen molar-refractivity contribution in [3.63, 3.8) is 0 Å². The lowest BCUT2D eigenvalue weighted by Gasteiger charge is -2.28. The van der Waals surface area contributed by atoms with Crippen LogP contribution in [0.1, 0.15) is 29.6 Å². The Kier molecular flexibility index (Phi) is 5.95. The molecule has 1 amide bonds. The number of carbonyl (C=O) groups excluding carboxylic acids is 1. The highest BCUT2D eigenvalue weighted by atomic mass is 16.5. The first kappa shape index (κ1) is 14.9. The van der Waals surface area contributed by atoms with Crippen molar-refractivity contribution in [1.82, 2.24) is 15.2 Å². The largest absolute Gasteiger partial charge is 0.378 e. The molecule has 5 nitrogen and oxygen atoms in total. The average molecular weight is 277 g/mol. The zero-order chi connectivity index (χ0) is 14.2. The Balaban J connectivity index is 1.55. The maximum atomic E-state index is 11.8. The third-order valence-corrected chi connectivity index (χ3v) is 3.57. The van der Waals surface area contributed by atoms with Gasteiger partial charge in [-0.1, -0.05) is 0 Å². The highest BCUT2D eigenvalue weighted by Crippen LogP contribution is 2.12. The number of likely N-dealkylation sites (tertiary alicyclic amines) is 1. The summed E-state index contributed by atoms with van der Waals surface area (Å²) in [4.78, 5) is 18.0. The van der Waals surface area contributed by atoms with Crippen LogP contribution in [0.25, 0.3) is 0 Å². The molecule has 1 aromatic rings. The van der Waals surface area contributed by atoms with Crippen LogP contribution in [0.2, 0.25) is 0 Å². The lowest BCUT2D eigenvalue weighted by atomic mass is 10.1. The number of amides is 1. The van der Waals surface area contributed by atoms with Crippen LogP contribution in [0.5, 0.6) is 0 Å². The molecule has 1 N–H and O–H groups in total. The minimum atomic E-state index is -0.0494. The molecule has 0 bridgehead atoms. The maximum absolute atomic E-state index is 11.8. The summed E-state index contributed by atoms with van der Waals surface area (Å²) >= 11 is 0. The van der Waals surface area contributed by atoms with Crippen molar-refractivity contribution in [3.05, 3.63) is 30.1 Å². The van der Waals surface area contributed by atoms with Gasteiger partial charge in [0.2, 0.25) is 0 Å². The Morgan fingerprint density at radius 2 is 2.10 bits per heavy atom. The maximum Gasteiger partial charge on any atom is 0.251 e. The second-order valence-electron chi connectivity index (χ2n) is 5.22. The summed E-state index contributed by atoms with van der Waals surface area (Å²) < 4.78 is 5.83. The highest BCUT2D eigenvalue weighted by Gasteiger charge is 2.16. The second kappa shape index (κ2) is 7.97. The molecule has 110 valence electrons. The SMILES string of the molecule is CN1CCC(OCCCNC(=O)c2ccncc2)CC1. The van der Waals surface area contributed by atoms with Crippen LogP contribution in [-0.4, -0.2) is 55.2 Å². The van der Waals surface area contributed by atoms with Gasteiger partial charge in [-0.15, -0.1) is 0 Å². The molecular weight excluding hydrogens is 254 g/mol. The van der Waals surface area contributed by atoms with Gasteiger partial charge in [0.1, 0.15) is 0 Å². The molecule has 1 aliphatic rings. The van der Waals surface area contributed by atoms with Crippen molar-refractivity contribution in [2.24, 2.45) is 0 Å². The van der Waals surface area contributed by atoms with Crippen molar-refractivity contribution in [2.45, 2.75) is 25.4 Å². The van der Waals surface area contributed by atoms with Gasteiger partial charge in [-0.25, -0.2) is 0 Å². The number of carbonyl (C=O) groups is 1. The van der Waals surface area contributed by atoms with Crippen LogP contribution in [0.15, 0.2) is 24.5 Å². The summed E-state index contributed by atoms with van der Waals surface area (Å²) in [6.45, 7) is 3.59. The Bertz CT molecular complexity index is 403. The Morgan fingerprint density at radius 3 is 2.80 bits per heavy atom. The standard InChI is InChI=1S/C15H23N3O2/c1-18-10-5-14(6-11-18)20-12-2-7-17-15(19)13-3-8-16-9-4-13/h3-4,8-9,14H,2,5-7,10-12H2,1H3,(H,17,19). The van der Waals surface area contributed by atoms with Crippen LogP contribution in [0, 0.1) is 0 Å². The van der Waals surface area contributed by atoms with Gasteiger partial charge in [0.15, 0.2) is 0 Å². The molecule has 1 aromatic heterocycles. The molecule has 2 heterocycles. The van der Waals surface area contributed by atoms with Crippen molar-refractivity contribution in [3.8, 4) is 0 Å². The summed E-state index contributed by atoms with van der Waals surface area (Å²) in [5.74, 6) is -0.0494. The van der Waals surface area contributed by atoms with Crippen LogP contribution in [-0.2, 0) is 4.74 Å². The second-order valence-corrected chi connectivity index (χ2v) is 5.22. The molecule has 0 aliphatic carbocycles. The smallest absolute Gasteiger partial charge is 0.251 e. The molecule has 0 aromatic carbocycles. The molecule has 5 heteroatoms. The molecule has 2 rings (SSSR count). The average Bonchev–Trinajstić information content (AvgIpc) is 2.49. The molecular formula is C15H23N3O2. The van der Waals surface area contributed by atoms with E-state index in [1.807, 2.05) is 0 Å². The molecule has 0 atom stereocenters. The molecule has 1 saturated heterocycles. The lowest BCUT2D eigenvalue weighted by Crippen LogP contribution is -2.34. The van der Waals surface area contributed by atoms with E-state index >= 15 is 0 Å². The van der Waals surface area contributed by atoms with Gasteiger partial charge in [0.05, 0.1) is 6.10 Å². The van der Waals surface area contributed by atoms with Gasteiger partial charge in [0.25, 0.3) is 5.91 Å². The number of hydrogen-bond donors (Lipinski definition) is 1. The van der Waals surface area contributed by atoms with Gasteiger partial charge in [-0.2, -0.15) is 0 Å². The number of ether oxygens (including phenoxy) is 1. The van der Waals surface area contributed by atoms with E-state index in [4.69, 9.17) is 4.74 Å². The number of aromatic nitrogens is 1. The molecule has 0 spiro atoms. The summed E-state index contributed by atoms with van der Waals surface area (Å²) in [6.07, 6.45) is 6.71. The van der Waals surface area contributed by atoms with E-state index in [1.54, 1.807) is 24.5 Å². The molecule has 1 aliphatic heterocycles. The Labute approximate surface area is 120 Å². The molecule has 20 heavy (non-hydrogen) atoms. The van der Waals surface area contributed by atoms with Crippen molar-refractivity contribution >= 4 is 5.91 Å². The fourth-order valence-electron chi connectivity index (χ4n) is 2.28. The van der Waals surface area contributed by atoms with Gasteiger partial charge < -0.3 is 15.0 Å². The summed E-state index contributed by atoms with van der Waals surface area (Å²) in [7, 11) is 2.14. The van der Waals surface area contributed by atoms with E-state index in [-0.39, 0.29) is 5.91 Å².